The number of pyridine rings is 1. The van der Waals surface area contributed by atoms with Crippen LogP contribution in [0.4, 0.5) is 5.82 Å². The molecule has 1 aliphatic carbocycles. The standard InChI is InChI=1S/C25H27N5S/c26-19(15-17-7-3-1-4-8-17)16-28-24-22-20-9-5-2-6-10-21(20)31-25(22)30-23(29-24)18-11-13-27-14-12-18/h1,3-4,7-8,11-14,19H,2,5-6,9-10,15-16,26H2,(H,28,29,30). The zero-order valence-corrected chi connectivity index (χ0v) is 18.4. The second kappa shape index (κ2) is 9.12. The van der Waals surface area contributed by atoms with Gasteiger partial charge in [-0.3, -0.25) is 4.98 Å². The Hall–Kier alpha value is -2.83. The van der Waals surface area contributed by atoms with Crippen LogP contribution in [0, 0.1) is 0 Å². The molecule has 3 heterocycles. The van der Waals surface area contributed by atoms with E-state index in [-0.39, 0.29) is 6.04 Å². The molecule has 4 aromatic rings. The van der Waals surface area contributed by atoms with Crippen LogP contribution in [0.15, 0.2) is 54.9 Å². The summed E-state index contributed by atoms with van der Waals surface area (Å²) >= 11 is 1.83. The number of nitrogens with one attached hydrogen (secondary N) is 1. The number of hydrogen-bond donors (Lipinski definition) is 2. The molecular weight excluding hydrogens is 402 g/mol. The minimum Gasteiger partial charge on any atom is -0.368 e. The number of anilines is 1. The van der Waals surface area contributed by atoms with Crippen LogP contribution in [0.5, 0.6) is 0 Å². The number of aromatic nitrogens is 3. The van der Waals surface area contributed by atoms with E-state index in [4.69, 9.17) is 15.7 Å². The molecule has 1 aromatic carbocycles. The zero-order chi connectivity index (χ0) is 21.0. The maximum absolute atomic E-state index is 6.47. The van der Waals surface area contributed by atoms with Crippen LogP contribution in [-0.2, 0) is 19.3 Å². The van der Waals surface area contributed by atoms with Gasteiger partial charge in [0.1, 0.15) is 10.6 Å². The maximum Gasteiger partial charge on any atom is 0.163 e. The number of nitrogens with two attached hydrogens (primary N) is 1. The monoisotopic (exact) mass is 429 g/mol. The van der Waals surface area contributed by atoms with Crippen molar-refractivity contribution in [2.75, 3.05) is 11.9 Å². The third kappa shape index (κ3) is 4.45. The third-order valence-electron chi connectivity index (χ3n) is 5.88. The Morgan fingerprint density at radius 1 is 0.968 bits per heavy atom. The highest BCUT2D eigenvalue weighted by molar-refractivity contribution is 7.19. The summed E-state index contributed by atoms with van der Waals surface area (Å²) in [6.45, 7) is 0.668. The number of nitrogens with zero attached hydrogens (tertiary/aromatic N) is 3. The highest BCUT2D eigenvalue weighted by Crippen LogP contribution is 2.39. The fourth-order valence-electron chi connectivity index (χ4n) is 4.31. The fourth-order valence-corrected chi connectivity index (χ4v) is 5.57. The van der Waals surface area contributed by atoms with Crippen LogP contribution in [0.1, 0.15) is 35.3 Å². The Balaban J connectivity index is 1.49. The lowest BCUT2D eigenvalue weighted by Crippen LogP contribution is -2.31. The molecule has 158 valence electrons. The lowest BCUT2D eigenvalue weighted by Gasteiger charge is -2.15. The first kappa shape index (κ1) is 20.1. The van der Waals surface area contributed by atoms with Crippen molar-refractivity contribution in [2.24, 2.45) is 5.73 Å². The average Bonchev–Trinajstić information content (AvgIpc) is 3.00. The number of hydrogen-bond acceptors (Lipinski definition) is 6. The molecule has 1 unspecified atom stereocenters. The molecule has 0 amide bonds. The summed E-state index contributed by atoms with van der Waals surface area (Å²) in [6.07, 6.45) is 10.5. The number of rotatable bonds is 6. The molecule has 31 heavy (non-hydrogen) atoms. The maximum atomic E-state index is 6.47. The van der Waals surface area contributed by atoms with Crippen molar-refractivity contribution < 1.29 is 0 Å². The van der Waals surface area contributed by atoms with E-state index < -0.39 is 0 Å². The predicted molar refractivity (Wildman–Crippen MR) is 129 cm³/mol. The first-order valence-electron chi connectivity index (χ1n) is 11.0. The summed E-state index contributed by atoms with van der Waals surface area (Å²) in [4.78, 5) is 16.6. The molecule has 0 saturated heterocycles. The first-order valence-corrected chi connectivity index (χ1v) is 11.9. The van der Waals surface area contributed by atoms with E-state index in [0.717, 1.165) is 41.3 Å². The minimum absolute atomic E-state index is 0.00836. The number of fused-ring (bicyclic) bond motifs is 3. The summed E-state index contributed by atoms with van der Waals surface area (Å²) in [5.41, 5.74) is 10.2. The Morgan fingerprint density at radius 3 is 2.61 bits per heavy atom. The molecule has 0 fully saturated rings. The topological polar surface area (TPSA) is 76.7 Å². The van der Waals surface area contributed by atoms with Crippen molar-refractivity contribution in [1.82, 2.24) is 15.0 Å². The summed E-state index contributed by atoms with van der Waals surface area (Å²) in [5, 5.41) is 4.79. The van der Waals surface area contributed by atoms with Gasteiger partial charge in [0.05, 0.1) is 5.39 Å². The summed E-state index contributed by atoms with van der Waals surface area (Å²) in [6, 6.07) is 14.3. The van der Waals surface area contributed by atoms with E-state index in [9.17, 15) is 0 Å². The van der Waals surface area contributed by atoms with E-state index in [1.807, 2.05) is 29.5 Å². The Bertz CT molecular complexity index is 1160. The van der Waals surface area contributed by atoms with Gasteiger partial charge in [0.15, 0.2) is 5.82 Å². The molecule has 0 saturated carbocycles. The first-order chi connectivity index (χ1) is 15.3. The van der Waals surface area contributed by atoms with E-state index in [1.54, 1.807) is 12.4 Å². The van der Waals surface area contributed by atoms with Crippen molar-refractivity contribution >= 4 is 27.4 Å². The van der Waals surface area contributed by atoms with Crippen LogP contribution in [-0.4, -0.2) is 27.5 Å². The Labute approximate surface area is 186 Å². The predicted octanol–water partition coefficient (Wildman–Crippen LogP) is 5.00. The molecule has 1 atom stereocenters. The van der Waals surface area contributed by atoms with E-state index >= 15 is 0 Å². The van der Waals surface area contributed by atoms with Gasteiger partial charge >= 0.3 is 0 Å². The van der Waals surface area contributed by atoms with Gasteiger partial charge in [-0.2, -0.15) is 0 Å². The number of aryl methyl sites for hydroxylation is 2. The van der Waals surface area contributed by atoms with Gasteiger partial charge in [-0.25, -0.2) is 9.97 Å². The molecule has 3 aromatic heterocycles. The molecule has 0 bridgehead atoms. The smallest absolute Gasteiger partial charge is 0.163 e. The highest BCUT2D eigenvalue weighted by Gasteiger charge is 2.21. The van der Waals surface area contributed by atoms with Crippen molar-refractivity contribution in [3.8, 4) is 11.4 Å². The van der Waals surface area contributed by atoms with Crippen LogP contribution in [0.2, 0.25) is 0 Å². The molecule has 0 spiro atoms. The van der Waals surface area contributed by atoms with Crippen molar-refractivity contribution in [2.45, 2.75) is 44.6 Å². The molecule has 5 nitrogen and oxygen atoms in total. The van der Waals surface area contributed by atoms with Gasteiger partial charge in [0.2, 0.25) is 0 Å². The average molecular weight is 430 g/mol. The highest BCUT2D eigenvalue weighted by atomic mass is 32.1. The van der Waals surface area contributed by atoms with Crippen molar-refractivity contribution in [1.29, 1.82) is 0 Å². The van der Waals surface area contributed by atoms with Gasteiger partial charge < -0.3 is 11.1 Å². The molecule has 6 heteroatoms. The van der Waals surface area contributed by atoms with Crippen LogP contribution in [0.3, 0.4) is 0 Å². The lowest BCUT2D eigenvalue weighted by atomic mass is 10.1. The number of benzene rings is 1. The van der Waals surface area contributed by atoms with Crippen molar-refractivity contribution in [3.63, 3.8) is 0 Å². The number of thiophene rings is 1. The largest absolute Gasteiger partial charge is 0.368 e. The second-order valence-electron chi connectivity index (χ2n) is 8.21. The fraction of sp³-hybridized carbons (Fsp3) is 0.320. The summed E-state index contributed by atoms with van der Waals surface area (Å²) < 4.78 is 0. The Kier molecular flexibility index (Phi) is 5.91. The second-order valence-corrected chi connectivity index (χ2v) is 9.29. The summed E-state index contributed by atoms with van der Waals surface area (Å²) in [7, 11) is 0. The van der Waals surface area contributed by atoms with Crippen LogP contribution in [0.25, 0.3) is 21.6 Å². The van der Waals surface area contributed by atoms with Gasteiger partial charge in [-0.15, -0.1) is 11.3 Å². The molecular formula is C25H27N5S. The lowest BCUT2D eigenvalue weighted by molar-refractivity contribution is 0.698. The van der Waals surface area contributed by atoms with E-state index in [0.29, 0.717) is 6.54 Å². The van der Waals surface area contributed by atoms with Crippen molar-refractivity contribution in [3.05, 3.63) is 70.9 Å². The Morgan fingerprint density at radius 2 is 1.77 bits per heavy atom. The van der Waals surface area contributed by atoms with Gasteiger partial charge in [-0.05, 0) is 55.4 Å². The van der Waals surface area contributed by atoms with Gasteiger partial charge in [0, 0.05) is 35.4 Å². The molecule has 3 N–H and O–H groups in total. The zero-order valence-electron chi connectivity index (χ0n) is 17.6. The van der Waals surface area contributed by atoms with Gasteiger partial charge in [-0.1, -0.05) is 36.8 Å². The molecule has 0 aliphatic heterocycles. The van der Waals surface area contributed by atoms with E-state index in [1.165, 1.54) is 40.7 Å². The van der Waals surface area contributed by atoms with Crippen LogP contribution < -0.4 is 11.1 Å². The normalized spacial score (nSPS) is 14.7. The summed E-state index contributed by atoms with van der Waals surface area (Å²) in [5.74, 6) is 1.66. The van der Waals surface area contributed by atoms with Gasteiger partial charge in [0.25, 0.3) is 0 Å². The third-order valence-corrected chi connectivity index (χ3v) is 7.06. The van der Waals surface area contributed by atoms with Crippen LogP contribution >= 0.6 is 11.3 Å². The molecule has 5 rings (SSSR count). The molecule has 1 aliphatic rings. The molecule has 0 radical (unpaired) electrons. The van der Waals surface area contributed by atoms with E-state index in [2.05, 4.69) is 34.6 Å². The minimum atomic E-state index is 0.00836. The SMILES string of the molecule is NC(CNc1nc(-c2ccncc2)nc2sc3c(c12)CCCCC3)Cc1ccccc1. The quantitative estimate of drug-likeness (QED) is 0.422.